The summed E-state index contributed by atoms with van der Waals surface area (Å²) in [5.41, 5.74) is -11.8. The third-order valence-corrected chi connectivity index (χ3v) is 3.81. The zero-order valence-electron chi connectivity index (χ0n) is 11.3. The highest BCUT2D eigenvalue weighted by atomic mass is 16.5. The third kappa shape index (κ3) is 1.44. The lowest BCUT2D eigenvalue weighted by Gasteiger charge is -2.13. The van der Waals surface area contributed by atoms with E-state index in [1.54, 1.807) is 0 Å². The number of carboxylic acids is 5. The van der Waals surface area contributed by atoms with Gasteiger partial charge in [0.15, 0.2) is 0 Å². The van der Waals surface area contributed by atoms with E-state index >= 15 is 0 Å². The Kier molecular flexibility index (Phi) is 3.83. The fourth-order valence-corrected chi connectivity index (χ4v) is 2.98. The summed E-state index contributed by atoms with van der Waals surface area (Å²) in [5.74, 6) is -15.1. The molecule has 0 heterocycles. The number of ether oxygens (including phenoxy) is 1. The van der Waals surface area contributed by atoms with Crippen molar-refractivity contribution >= 4 is 35.8 Å². The lowest BCUT2D eigenvalue weighted by atomic mass is 9.92. The van der Waals surface area contributed by atoms with Gasteiger partial charge in [0.05, 0.1) is 6.61 Å². The molecule has 23 heavy (non-hydrogen) atoms. The van der Waals surface area contributed by atoms with E-state index in [-0.39, 0.29) is 0 Å². The molecule has 0 amide bonds. The molecule has 0 aromatic rings. The van der Waals surface area contributed by atoms with Gasteiger partial charge in [-0.2, -0.15) is 0 Å². The highest BCUT2D eigenvalue weighted by Gasteiger charge is 3.09. The van der Waals surface area contributed by atoms with Gasteiger partial charge in [0.25, 0.3) is 0 Å². The Hall–Kier alpha value is -3.18. The summed E-state index contributed by atoms with van der Waals surface area (Å²) in [6.45, 7) is 0.570. The van der Waals surface area contributed by atoms with Crippen LogP contribution in [-0.2, 0) is 33.5 Å². The van der Waals surface area contributed by atoms with Gasteiger partial charge >= 0.3 is 35.8 Å². The minimum Gasteiger partial charge on any atom is -0.480 e. The molecule has 1 aliphatic carbocycles. The highest BCUT2D eigenvalue weighted by molar-refractivity contribution is 6.34. The highest BCUT2D eigenvalue weighted by Crippen LogP contribution is 2.79. The van der Waals surface area contributed by atoms with Crippen molar-refractivity contribution in [1.82, 2.24) is 0 Å². The smallest absolute Gasteiger partial charge is 0.327 e. The number of aliphatic carboxylic acids is 5. The molecule has 0 aromatic carbocycles. The number of carbonyl (C=O) groups is 6. The quantitative estimate of drug-likeness (QED) is 0.251. The van der Waals surface area contributed by atoms with Crippen LogP contribution in [0.2, 0.25) is 0 Å². The van der Waals surface area contributed by atoms with Crippen LogP contribution in [-0.4, -0.2) is 68.0 Å². The molecule has 12 nitrogen and oxygen atoms in total. The summed E-state index contributed by atoms with van der Waals surface area (Å²) in [6.07, 6.45) is 0. The van der Waals surface area contributed by atoms with Gasteiger partial charge in [-0.15, -0.1) is 0 Å². The molecule has 1 saturated carbocycles. The van der Waals surface area contributed by atoms with Crippen LogP contribution >= 0.6 is 0 Å². The van der Waals surface area contributed by atoms with E-state index in [2.05, 4.69) is 4.74 Å². The van der Waals surface area contributed by atoms with Gasteiger partial charge in [-0.25, -0.2) is 0 Å². The van der Waals surface area contributed by atoms with Gasteiger partial charge in [-0.3, -0.25) is 28.8 Å². The van der Waals surface area contributed by atoms with Crippen molar-refractivity contribution in [3.05, 3.63) is 0 Å². The molecule has 126 valence electrons. The summed E-state index contributed by atoms with van der Waals surface area (Å²) < 4.78 is 4.27. The van der Waals surface area contributed by atoms with E-state index < -0.39 is 58.7 Å². The normalized spacial score (nSPS) is 19.2. The molecule has 5 N–H and O–H groups in total. The fourth-order valence-electron chi connectivity index (χ4n) is 2.98. The predicted molar refractivity (Wildman–Crippen MR) is 62.1 cm³/mol. The van der Waals surface area contributed by atoms with E-state index in [1.165, 1.54) is 0 Å². The van der Waals surface area contributed by atoms with Crippen LogP contribution in [0.5, 0.6) is 0 Å². The second kappa shape index (κ2) is 4.93. The van der Waals surface area contributed by atoms with E-state index in [4.69, 9.17) is 20.4 Å². The number of carbonyl (C=O) groups excluding carboxylic acids is 1. The van der Waals surface area contributed by atoms with Gasteiger partial charge in [-0.05, 0) is 6.92 Å². The van der Waals surface area contributed by atoms with Crippen LogP contribution in [0.3, 0.4) is 0 Å². The Morgan fingerprint density at radius 1 is 0.652 bits per heavy atom. The molecule has 0 spiro atoms. The molecule has 1 fully saturated rings. The lowest BCUT2D eigenvalue weighted by molar-refractivity contribution is -0.174. The van der Waals surface area contributed by atoms with Crippen LogP contribution in [0.4, 0.5) is 0 Å². The number of carboxylic acid groups (broad SMARTS) is 5. The molecular formula is C11H10O12. The van der Waals surface area contributed by atoms with Crippen molar-refractivity contribution < 1.29 is 59.0 Å². The minimum atomic E-state index is -3.98. The molecule has 0 atom stereocenters. The van der Waals surface area contributed by atoms with Crippen LogP contribution in [0.1, 0.15) is 6.92 Å². The average Bonchev–Trinajstić information content (AvgIpc) is 3.01. The fraction of sp³-hybridized carbons (Fsp3) is 0.455. The summed E-state index contributed by atoms with van der Waals surface area (Å²) in [5, 5.41) is 45.7. The van der Waals surface area contributed by atoms with E-state index in [1.807, 2.05) is 0 Å². The van der Waals surface area contributed by atoms with E-state index in [0.717, 1.165) is 6.92 Å². The standard InChI is InChI=1S/C11H10O12/c1-2-23-8(22)11(7(20)21)9(3(12)13,4(14)15)10(11,5(16)17)6(18)19/h2H2,1H3,(H,12,13)(H,14,15)(H,16,17)(H,18,19)(H,20,21). The van der Waals surface area contributed by atoms with Crippen molar-refractivity contribution in [2.24, 2.45) is 16.2 Å². The van der Waals surface area contributed by atoms with Crippen LogP contribution in [0.25, 0.3) is 0 Å². The summed E-state index contributed by atoms with van der Waals surface area (Å²) in [6, 6.07) is 0. The first kappa shape index (κ1) is 17.9. The molecule has 0 aliphatic heterocycles. The van der Waals surface area contributed by atoms with Crippen molar-refractivity contribution in [1.29, 1.82) is 0 Å². The molecular weight excluding hydrogens is 324 g/mol. The summed E-state index contributed by atoms with van der Waals surface area (Å²) in [7, 11) is 0. The molecule has 1 rings (SSSR count). The zero-order chi connectivity index (χ0) is 18.4. The van der Waals surface area contributed by atoms with E-state index in [9.17, 15) is 33.9 Å². The number of hydrogen-bond donors (Lipinski definition) is 5. The van der Waals surface area contributed by atoms with Gasteiger partial charge in [0.1, 0.15) is 0 Å². The summed E-state index contributed by atoms with van der Waals surface area (Å²) >= 11 is 0. The first-order chi connectivity index (χ1) is 10.4. The van der Waals surface area contributed by atoms with Gasteiger partial charge in [-0.1, -0.05) is 0 Å². The second-order valence-electron chi connectivity index (χ2n) is 4.50. The maximum Gasteiger partial charge on any atom is 0.327 e. The topological polar surface area (TPSA) is 213 Å². The molecule has 0 aromatic heterocycles. The Labute approximate surface area is 125 Å². The van der Waals surface area contributed by atoms with Crippen LogP contribution < -0.4 is 0 Å². The molecule has 12 heteroatoms. The van der Waals surface area contributed by atoms with Crippen molar-refractivity contribution in [3.8, 4) is 0 Å². The first-order valence-electron chi connectivity index (χ1n) is 5.79. The molecule has 0 unspecified atom stereocenters. The Balaban J connectivity index is 4.05. The number of hydrogen-bond acceptors (Lipinski definition) is 7. The zero-order valence-corrected chi connectivity index (χ0v) is 11.3. The van der Waals surface area contributed by atoms with Gasteiger partial charge < -0.3 is 30.3 Å². The van der Waals surface area contributed by atoms with Gasteiger partial charge in [0.2, 0.25) is 16.2 Å². The molecule has 0 bridgehead atoms. The minimum absolute atomic E-state index is 0.571. The maximum atomic E-state index is 12.0. The molecule has 1 aliphatic rings. The monoisotopic (exact) mass is 334 g/mol. The second-order valence-corrected chi connectivity index (χ2v) is 4.50. The predicted octanol–water partition coefficient (Wildman–Crippen LogP) is -2.05. The Morgan fingerprint density at radius 2 is 0.913 bits per heavy atom. The van der Waals surface area contributed by atoms with Crippen molar-refractivity contribution in [2.75, 3.05) is 6.61 Å². The van der Waals surface area contributed by atoms with Crippen LogP contribution in [0, 0.1) is 16.2 Å². The SMILES string of the molecule is CCOC(=O)C1(C(=O)O)C(C(=O)O)(C(=O)O)C1(C(=O)O)C(=O)O. The summed E-state index contributed by atoms with van der Waals surface area (Å²) in [4.78, 5) is 69.1. The van der Waals surface area contributed by atoms with Crippen LogP contribution in [0.15, 0.2) is 0 Å². The largest absolute Gasteiger partial charge is 0.480 e. The average molecular weight is 334 g/mol. The Bertz CT molecular complexity index is 577. The van der Waals surface area contributed by atoms with Crippen molar-refractivity contribution in [2.45, 2.75) is 6.92 Å². The van der Waals surface area contributed by atoms with Crippen molar-refractivity contribution in [3.63, 3.8) is 0 Å². The van der Waals surface area contributed by atoms with Gasteiger partial charge in [0, 0.05) is 0 Å². The molecule has 0 radical (unpaired) electrons. The third-order valence-electron chi connectivity index (χ3n) is 3.81. The first-order valence-corrected chi connectivity index (χ1v) is 5.79. The maximum absolute atomic E-state index is 12.0. The lowest BCUT2D eigenvalue weighted by Crippen LogP contribution is -2.41. The van der Waals surface area contributed by atoms with E-state index in [0.29, 0.717) is 0 Å². The number of rotatable bonds is 7. The number of esters is 1. The molecule has 0 saturated heterocycles. The Morgan fingerprint density at radius 3 is 1.09 bits per heavy atom.